The molecule has 2 heteroatoms. The summed E-state index contributed by atoms with van der Waals surface area (Å²) in [6.07, 6.45) is 2.53. The Kier molecular flexibility index (Phi) is 3.95. The van der Waals surface area contributed by atoms with Crippen LogP contribution in [0, 0.1) is 0 Å². The zero-order valence-electron chi connectivity index (χ0n) is 9.87. The first-order valence-electron chi connectivity index (χ1n) is 5.84. The van der Waals surface area contributed by atoms with Gasteiger partial charge in [0.05, 0.1) is 0 Å². The van der Waals surface area contributed by atoms with Gasteiger partial charge in [-0.1, -0.05) is 46.3 Å². The van der Waals surface area contributed by atoms with Crippen LogP contribution >= 0.6 is 15.9 Å². The van der Waals surface area contributed by atoms with E-state index in [1.54, 1.807) is 6.92 Å². The number of rotatable bonds is 4. The number of Topliss-reactive ketones (excluding diaryl/α,β-unsaturated/α-hetero) is 1. The standard InChI is InChI=1S/C15H15BrO/c1-11(17)5-4-8-14-13-7-3-2-6-12(13)9-10-15(14)16/h2-3,6-7,9-10H,4-5,8H2,1H3. The molecule has 2 aromatic carbocycles. The van der Waals surface area contributed by atoms with Crippen LogP contribution in [0.5, 0.6) is 0 Å². The molecule has 0 heterocycles. The average Bonchev–Trinajstić information content (AvgIpc) is 2.32. The van der Waals surface area contributed by atoms with Crippen LogP contribution in [0.25, 0.3) is 10.8 Å². The summed E-state index contributed by atoms with van der Waals surface area (Å²) in [5.74, 6) is 0.265. The molecular formula is C15H15BrO. The van der Waals surface area contributed by atoms with Crippen LogP contribution in [-0.4, -0.2) is 5.78 Å². The van der Waals surface area contributed by atoms with Gasteiger partial charge in [-0.3, -0.25) is 0 Å². The molecule has 0 saturated heterocycles. The molecule has 0 aromatic heterocycles. The Bertz CT molecular complexity index is 546. The lowest BCUT2D eigenvalue weighted by atomic mass is 10.00. The van der Waals surface area contributed by atoms with Crippen molar-refractivity contribution in [1.29, 1.82) is 0 Å². The minimum Gasteiger partial charge on any atom is -0.300 e. The maximum Gasteiger partial charge on any atom is 0.129 e. The van der Waals surface area contributed by atoms with Crippen LogP contribution in [0.3, 0.4) is 0 Å². The van der Waals surface area contributed by atoms with Crippen LogP contribution in [-0.2, 0) is 11.2 Å². The Hall–Kier alpha value is -1.15. The van der Waals surface area contributed by atoms with Gasteiger partial charge in [0, 0.05) is 10.9 Å². The first kappa shape index (κ1) is 12.3. The highest BCUT2D eigenvalue weighted by molar-refractivity contribution is 9.10. The molecule has 2 aromatic rings. The van der Waals surface area contributed by atoms with Crippen LogP contribution in [0.4, 0.5) is 0 Å². The van der Waals surface area contributed by atoms with Crippen molar-refractivity contribution in [3.8, 4) is 0 Å². The van der Waals surface area contributed by atoms with Gasteiger partial charge in [0.1, 0.15) is 5.78 Å². The summed E-state index contributed by atoms with van der Waals surface area (Å²) in [5, 5.41) is 2.54. The molecule has 0 atom stereocenters. The van der Waals surface area contributed by atoms with Crippen molar-refractivity contribution < 1.29 is 4.79 Å². The van der Waals surface area contributed by atoms with Gasteiger partial charge in [0.2, 0.25) is 0 Å². The van der Waals surface area contributed by atoms with Gasteiger partial charge in [-0.2, -0.15) is 0 Å². The van der Waals surface area contributed by atoms with Crippen molar-refractivity contribution in [2.45, 2.75) is 26.2 Å². The lowest BCUT2D eigenvalue weighted by Crippen LogP contribution is -1.94. The van der Waals surface area contributed by atoms with Gasteiger partial charge in [0.25, 0.3) is 0 Å². The van der Waals surface area contributed by atoms with E-state index in [1.165, 1.54) is 16.3 Å². The number of benzene rings is 2. The molecule has 0 fully saturated rings. The SMILES string of the molecule is CC(=O)CCCc1c(Br)ccc2ccccc12. The number of carbonyl (C=O) groups excluding carboxylic acids is 1. The molecule has 2 rings (SSSR count). The molecule has 0 aliphatic heterocycles. The molecule has 1 nitrogen and oxygen atoms in total. The van der Waals surface area contributed by atoms with Crippen molar-refractivity contribution in [3.63, 3.8) is 0 Å². The summed E-state index contributed by atoms with van der Waals surface area (Å²) < 4.78 is 1.14. The normalized spacial score (nSPS) is 10.7. The van der Waals surface area contributed by atoms with E-state index in [0.717, 1.165) is 17.3 Å². The zero-order chi connectivity index (χ0) is 12.3. The maximum absolute atomic E-state index is 11.0. The summed E-state index contributed by atoms with van der Waals surface area (Å²) in [7, 11) is 0. The minimum atomic E-state index is 0.265. The fourth-order valence-electron chi connectivity index (χ4n) is 2.08. The van der Waals surface area contributed by atoms with Gasteiger partial charge < -0.3 is 4.79 Å². The highest BCUT2D eigenvalue weighted by atomic mass is 79.9. The lowest BCUT2D eigenvalue weighted by Gasteiger charge is -2.08. The number of hydrogen-bond donors (Lipinski definition) is 0. The Morgan fingerprint density at radius 3 is 2.71 bits per heavy atom. The van der Waals surface area contributed by atoms with Gasteiger partial charge in [-0.05, 0) is 42.2 Å². The fraction of sp³-hybridized carbons (Fsp3) is 0.267. The van der Waals surface area contributed by atoms with Crippen molar-refractivity contribution in [2.24, 2.45) is 0 Å². The minimum absolute atomic E-state index is 0.265. The molecule has 0 spiro atoms. The molecule has 0 saturated carbocycles. The van der Waals surface area contributed by atoms with E-state index in [4.69, 9.17) is 0 Å². The molecule has 88 valence electrons. The predicted octanol–water partition coefficient (Wildman–Crippen LogP) is 4.51. The first-order valence-corrected chi connectivity index (χ1v) is 6.63. The largest absolute Gasteiger partial charge is 0.300 e. The molecule has 17 heavy (non-hydrogen) atoms. The summed E-state index contributed by atoms with van der Waals surface area (Å²) in [6, 6.07) is 12.6. The second kappa shape index (κ2) is 5.46. The Labute approximate surface area is 110 Å². The predicted molar refractivity (Wildman–Crippen MR) is 75.3 cm³/mol. The highest BCUT2D eigenvalue weighted by Crippen LogP contribution is 2.27. The third-order valence-corrected chi connectivity index (χ3v) is 3.68. The van der Waals surface area contributed by atoms with E-state index in [1.807, 2.05) is 0 Å². The Morgan fingerprint density at radius 2 is 1.94 bits per heavy atom. The third kappa shape index (κ3) is 2.95. The number of ketones is 1. The molecule has 0 unspecified atom stereocenters. The summed E-state index contributed by atoms with van der Waals surface area (Å²) in [5.41, 5.74) is 1.31. The second-order valence-electron chi connectivity index (χ2n) is 4.30. The quantitative estimate of drug-likeness (QED) is 0.809. The van der Waals surface area contributed by atoms with Crippen LogP contribution < -0.4 is 0 Å². The molecule has 0 aliphatic carbocycles. The Morgan fingerprint density at radius 1 is 1.18 bits per heavy atom. The van der Waals surface area contributed by atoms with Gasteiger partial charge in [-0.15, -0.1) is 0 Å². The number of hydrogen-bond acceptors (Lipinski definition) is 1. The highest BCUT2D eigenvalue weighted by Gasteiger charge is 2.05. The Balaban J connectivity index is 2.31. The van der Waals surface area contributed by atoms with E-state index >= 15 is 0 Å². The number of fused-ring (bicyclic) bond motifs is 1. The number of halogens is 1. The monoisotopic (exact) mass is 290 g/mol. The molecular weight excluding hydrogens is 276 g/mol. The van der Waals surface area contributed by atoms with Crippen LogP contribution in [0.2, 0.25) is 0 Å². The van der Waals surface area contributed by atoms with Crippen LogP contribution in [0.1, 0.15) is 25.3 Å². The zero-order valence-corrected chi connectivity index (χ0v) is 11.5. The number of carbonyl (C=O) groups is 1. The maximum atomic E-state index is 11.0. The van der Waals surface area contributed by atoms with Gasteiger partial charge >= 0.3 is 0 Å². The van der Waals surface area contributed by atoms with Crippen molar-refractivity contribution in [3.05, 3.63) is 46.4 Å². The second-order valence-corrected chi connectivity index (χ2v) is 5.16. The number of aryl methyl sites for hydroxylation is 1. The summed E-state index contributed by atoms with van der Waals surface area (Å²) >= 11 is 3.60. The van der Waals surface area contributed by atoms with E-state index in [2.05, 4.69) is 52.3 Å². The molecule has 0 amide bonds. The van der Waals surface area contributed by atoms with E-state index < -0.39 is 0 Å². The smallest absolute Gasteiger partial charge is 0.129 e. The molecule has 0 radical (unpaired) electrons. The first-order chi connectivity index (χ1) is 8.18. The van der Waals surface area contributed by atoms with Crippen molar-refractivity contribution >= 4 is 32.5 Å². The fourth-order valence-corrected chi connectivity index (χ4v) is 2.62. The van der Waals surface area contributed by atoms with Crippen molar-refractivity contribution in [1.82, 2.24) is 0 Å². The third-order valence-electron chi connectivity index (χ3n) is 2.94. The topological polar surface area (TPSA) is 17.1 Å². The van der Waals surface area contributed by atoms with E-state index in [-0.39, 0.29) is 5.78 Å². The molecule has 0 aliphatic rings. The summed E-state index contributed by atoms with van der Waals surface area (Å²) in [6.45, 7) is 1.65. The lowest BCUT2D eigenvalue weighted by molar-refractivity contribution is -0.117. The average molecular weight is 291 g/mol. The van der Waals surface area contributed by atoms with E-state index in [0.29, 0.717) is 6.42 Å². The van der Waals surface area contributed by atoms with Crippen LogP contribution in [0.15, 0.2) is 40.9 Å². The molecule has 0 N–H and O–H groups in total. The van der Waals surface area contributed by atoms with Gasteiger partial charge in [0.15, 0.2) is 0 Å². The van der Waals surface area contributed by atoms with E-state index in [9.17, 15) is 4.79 Å². The molecule has 0 bridgehead atoms. The van der Waals surface area contributed by atoms with Crippen molar-refractivity contribution in [2.75, 3.05) is 0 Å². The summed E-state index contributed by atoms with van der Waals surface area (Å²) in [4.78, 5) is 11.0. The van der Waals surface area contributed by atoms with Gasteiger partial charge in [-0.25, -0.2) is 0 Å².